The molecule has 0 spiro atoms. The van der Waals surface area contributed by atoms with Crippen LogP contribution >= 0.6 is 0 Å². The van der Waals surface area contributed by atoms with Gasteiger partial charge in [-0.15, -0.1) is 0 Å². The van der Waals surface area contributed by atoms with Crippen LogP contribution in [0.5, 0.6) is 0 Å². The van der Waals surface area contributed by atoms with Crippen molar-refractivity contribution in [2.45, 2.75) is 33.2 Å². The molecule has 4 nitrogen and oxygen atoms in total. The summed E-state index contributed by atoms with van der Waals surface area (Å²) >= 11 is 0. The Bertz CT molecular complexity index is 290. The van der Waals surface area contributed by atoms with Crippen molar-refractivity contribution in [2.75, 3.05) is 7.11 Å². The van der Waals surface area contributed by atoms with Gasteiger partial charge in [-0.2, -0.15) is 0 Å². The SMILES string of the molecule is [2H][13C@@H](C([2H])(C)[13CH3])[C@]([2H])([15NH]C(C)=O)C(=O)OC. The molecule has 0 aliphatic rings. The predicted octanol–water partition coefficient (Wildman–Crippen LogP) is 0.710. The van der Waals surface area contributed by atoms with Gasteiger partial charge in [0.1, 0.15) is 6.02 Å². The Morgan fingerprint density at radius 2 is 2.15 bits per heavy atom. The Kier molecular flexibility index (Phi) is 3.15. The van der Waals surface area contributed by atoms with E-state index in [1.165, 1.54) is 13.8 Å². The molecule has 0 aliphatic heterocycles. The van der Waals surface area contributed by atoms with Gasteiger partial charge in [0.15, 0.2) is 0 Å². The minimum Gasteiger partial charge on any atom is -0.467 e. The van der Waals surface area contributed by atoms with E-state index >= 15 is 0 Å². The third-order valence-electron chi connectivity index (χ3n) is 1.15. The first-order chi connectivity index (χ1) is 7.05. The summed E-state index contributed by atoms with van der Waals surface area (Å²) in [5, 5.41) is 2.06. The van der Waals surface area contributed by atoms with E-state index in [0.717, 1.165) is 14.0 Å². The molecule has 3 atom stereocenters. The fraction of sp³-hybridized carbons (Fsp3) is 0.778. The highest BCUT2D eigenvalue weighted by Crippen LogP contribution is 2.05. The van der Waals surface area contributed by atoms with Crippen LogP contribution < -0.4 is 5.32 Å². The van der Waals surface area contributed by atoms with Gasteiger partial charge >= 0.3 is 5.97 Å². The zero-order valence-corrected chi connectivity index (χ0v) is 8.30. The second-order valence-corrected chi connectivity index (χ2v) is 2.81. The van der Waals surface area contributed by atoms with Crippen molar-refractivity contribution < 1.29 is 18.4 Å². The summed E-state index contributed by atoms with van der Waals surface area (Å²) in [6.07, 6.45) is -1.46. The van der Waals surface area contributed by atoms with Crippen LogP contribution in [0.1, 0.15) is 31.3 Å². The number of hydrogen-bond acceptors (Lipinski definition) is 3. The van der Waals surface area contributed by atoms with Gasteiger partial charge in [0.05, 0.1) is 8.48 Å². The van der Waals surface area contributed by atoms with E-state index in [-0.39, 0.29) is 0 Å². The quantitative estimate of drug-likeness (QED) is 0.406. The highest BCUT2D eigenvalue weighted by molar-refractivity contribution is 5.83. The van der Waals surface area contributed by atoms with Crippen LogP contribution in [0.3, 0.4) is 0 Å². The van der Waals surface area contributed by atoms with Crippen molar-refractivity contribution >= 4 is 11.9 Å². The summed E-state index contributed by atoms with van der Waals surface area (Å²) in [5.41, 5.74) is 0. The number of ether oxygens (including phenoxy) is 1. The van der Waals surface area contributed by atoms with Crippen molar-refractivity contribution in [3.8, 4) is 0 Å². The molecule has 0 radical (unpaired) electrons. The summed E-state index contributed by atoms with van der Waals surface area (Å²) in [7, 11) is 1.07. The third kappa shape index (κ3) is 5.22. The van der Waals surface area contributed by atoms with Gasteiger partial charge in [-0.05, 0) is 12.3 Å². The van der Waals surface area contributed by atoms with E-state index in [0.29, 0.717) is 0 Å². The lowest BCUT2D eigenvalue weighted by molar-refractivity contribution is -0.145. The van der Waals surface area contributed by atoms with Crippen molar-refractivity contribution in [3.63, 3.8) is 0 Å². The second-order valence-electron chi connectivity index (χ2n) is 2.81. The summed E-state index contributed by atoms with van der Waals surface area (Å²) in [4.78, 5) is 22.4. The molecule has 0 fully saturated rings. The zero-order valence-electron chi connectivity index (χ0n) is 11.3. The summed E-state index contributed by atoms with van der Waals surface area (Å²) < 4.78 is 27.5. The van der Waals surface area contributed by atoms with Gasteiger partial charge in [-0.1, -0.05) is 13.8 Å². The molecule has 0 saturated heterocycles. The number of carbonyl (C=O) groups excluding carboxylic acids is 2. The van der Waals surface area contributed by atoms with Crippen molar-refractivity contribution in [2.24, 2.45) is 5.89 Å². The van der Waals surface area contributed by atoms with Gasteiger partial charge in [-0.3, -0.25) is 4.79 Å². The number of methoxy groups -OCH3 is 1. The zero-order chi connectivity index (χ0) is 13.1. The molecule has 0 aromatic heterocycles. The lowest BCUT2D eigenvalue weighted by Gasteiger charge is -2.16. The number of esters is 1. The molecule has 0 rings (SSSR count). The average molecular weight is 193 g/mol. The fourth-order valence-electron chi connectivity index (χ4n) is 0.734. The molecule has 0 bridgehead atoms. The maximum absolute atomic E-state index is 11.4. The number of nitrogens with one attached hydrogen (secondary N) is 1. The van der Waals surface area contributed by atoms with E-state index in [2.05, 4.69) is 10.1 Å². The van der Waals surface area contributed by atoms with Gasteiger partial charge in [0.25, 0.3) is 0 Å². The van der Waals surface area contributed by atoms with Crippen LogP contribution in [0.2, 0.25) is 0 Å². The Morgan fingerprint density at radius 3 is 2.46 bits per heavy atom. The van der Waals surface area contributed by atoms with Crippen molar-refractivity contribution in [3.05, 3.63) is 0 Å². The molecule has 4 heteroatoms. The fourth-order valence-corrected chi connectivity index (χ4v) is 0.734. The number of hydrogen-bond donors (Lipinski definition) is 1. The first kappa shape index (κ1) is 7.35. The number of carbonyl (C=O) groups is 2. The Labute approximate surface area is 82.9 Å². The Morgan fingerprint density at radius 1 is 1.62 bits per heavy atom. The molecule has 1 N–H and O–H groups in total. The van der Waals surface area contributed by atoms with Gasteiger partial charge in [0.2, 0.25) is 5.91 Å². The summed E-state index contributed by atoms with van der Waals surface area (Å²) in [6, 6.07) is -2.26. The predicted molar refractivity (Wildman–Crippen MR) is 49.1 cm³/mol. The van der Waals surface area contributed by atoms with E-state index in [9.17, 15) is 9.59 Å². The minimum atomic E-state index is -2.26. The van der Waals surface area contributed by atoms with E-state index in [4.69, 9.17) is 4.11 Å². The lowest BCUT2D eigenvalue weighted by Crippen LogP contribution is -2.41. The number of amides is 1. The van der Waals surface area contributed by atoms with Crippen LogP contribution in [-0.4, -0.2) is 25.0 Å². The summed E-state index contributed by atoms with van der Waals surface area (Å²) in [6.45, 7) is 3.91. The average Bonchev–Trinajstić information content (AvgIpc) is 2.12. The van der Waals surface area contributed by atoms with E-state index in [1.807, 2.05) is 0 Å². The van der Waals surface area contributed by atoms with Gasteiger partial charge < -0.3 is 10.1 Å². The van der Waals surface area contributed by atoms with Crippen LogP contribution in [0.25, 0.3) is 0 Å². The van der Waals surface area contributed by atoms with Crippen molar-refractivity contribution in [1.29, 1.82) is 0 Å². The van der Waals surface area contributed by atoms with Gasteiger partial charge in [-0.25, -0.2) is 4.79 Å². The molecule has 76 valence electrons. The summed E-state index contributed by atoms with van der Waals surface area (Å²) in [5.74, 6) is -3.05. The van der Waals surface area contributed by atoms with Gasteiger partial charge in [0, 0.05) is 9.67 Å². The molecule has 0 heterocycles. The lowest BCUT2D eigenvalue weighted by atomic mass is 10.3. The molecule has 0 saturated carbocycles. The molecule has 1 unspecified atom stereocenters. The maximum Gasteiger partial charge on any atom is 0.328 e. The smallest absolute Gasteiger partial charge is 0.328 e. The first-order valence-electron chi connectivity index (χ1n) is 5.43. The topological polar surface area (TPSA) is 55.4 Å². The van der Waals surface area contributed by atoms with Crippen LogP contribution in [0, 0.1) is 5.89 Å². The first-order valence-corrected chi connectivity index (χ1v) is 3.85. The second kappa shape index (κ2) is 5.56. The third-order valence-corrected chi connectivity index (χ3v) is 1.15. The maximum atomic E-state index is 11.4. The van der Waals surface area contributed by atoms with Crippen LogP contribution in [0.4, 0.5) is 0 Å². The van der Waals surface area contributed by atoms with E-state index in [1.54, 1.807) is 0 Å². The monoisotopic (exact) mass is 193 g/mol. The van der Waals surface area contributed by atoms with Crippen LogP contribution in [-0.2, 0) is 14.3 Å². The number of rotatable bonds is 4. The molecule has 0 aromatic rings. The molecular weight excluding hydrogens is 173 g/mol. The van der Waals surface area contributed by atoms with Crippen LogP contribution in [0.15, 0.2) is 0 Å². The Balaban J connectivity index is 5.23. The molecule has 0 aliphatic carbocycles. The molecule has 1 amide bonds. The standard InChI is InChI=1S/C9H17NO3/c1-6(2)5-8(9(12)13-4)10-7(3)11/h6,8H,5H2,1-4H3,(H,10,11)/t8-/m0/s1/i1+1,5+1D,6D,8D,10+1/t5-,6?,8-. The van der Waals surface area contributed by atoms with Crippen molar-refractivity contribution in [1.82, 2.24) is 5.32 Å². The minimum absolute atomic E-state index is 0.623. The highest BCUT2D eigenvalue weighted by Gasteiger charge is 2.20. The molecule has 13 heavy (non-hydrogen) atoms. The molecular formula is C9H17NO3. The van der Waals surface area contributed by atoms with E-state index < -0.39 is 30.2 Å². The largest absolute Gasteiger partial charge is 0.467 e. The highest BCUT2D eigenvalue weighted by atomic mass is 16.5. The normalized spacial score (nSPS) is 25.1. The Hall–Kier alpha value is -1.06. The molecule has 0 aromatic carbocycles.